The Labute approximate surface area is 209 Å². The summed E-state index contributed by atoms with van der Waals surface area (Å²) >= 11 is 0. The first kappa shape index (κ1) is 25.1. The van der Waals surface area contributed by atoms with Gasteiger partial charge in [0.2, 0.25) is 5.95 Å². The zero-order valence-corrected chi connectivity index (χ0v) is 20.9. The maximum Gasteiger partial charge on any atom is 0.255 e. The fourth-order valence-corrected chi connectivity index (χ4v) is 4.21. The van der Waals surface area contributed by atoms with E-state index in [1.807, 2.05) is 44.2 Å². The summed E-state index contributed by atoms with van der Waals surface area (Å²) in [5.41, 5.74) is 2.45. The zero-order valence-electron chi connectivity index (χ0n) is 20.9. The molecule has 2 aromatic carbocycles. The molecular weight excluding hydrogens is 462 g/mol. The third-order valence-corrected chi connectivity index (χ3v) is 5.86. The van der Waals surface area contributed by atoms with Crippen LogP contribution in [0.3, 0.4) is 0 Å². The number of nitrogens with one attached hydrogen (secondary N) is 2. The average molecular weight is 494 g/mol. The lowest BCUT2D eigenvalue weighted by Gasteiger charge is -2.29. The van der Waals surface area contributed by atoms with Crippen LogP contribution >= 0.6 is 0 Å². The van der Waals surface area contributed by atoms with E-state index in [1.54, 1.807) is 31.0 Å². The van der Waals surface area contributed by atoms with Gasteiger partial charge in [0, 0.05) is 18.7 Å². The molecule has 1 aromatic heterocycles. The van der Waals surface area contributed by atoms with Gasteiger partial charge in [0.1, 0.15) is 11.8 Å². The van der Waals surface area contributed by atoms with Gasteiger partial charge in [-0.25, -0.2) is 4.68 Å². The van der Waals surface area contributed by atoms with Crippen LogP contribution in [0.2, 0.25) is 0 Å². The van der Waals surface area contributed by atoms with Crippen molar-refractivity contribution in [2.45, 2.75) is 32.7 Å². The Bertz CT molecular complexity index is 1270. The third-order valence-electron chi connectivity index (χ3n) is 5.86. The fraction of sp³-hybridized carbons (Fsp3) is 0.346. The number of hydrogen-bond donors (Lipinski definition) is 3. The Morgan fingerprint density at radius 2 is 1.92 bits per heavy atom. The van der Waals surface area contributed by atoms with Gasteiger partial charge in [0.25, 0.3) is 5.91 Å². The molecule has 4 rings (SSSR count). The number of carbonyl (C=O) groups excluding carboxylic acids is 1. The Morgan fingerprint density at radius 3 is 2.64 bits per heavy atom. The fourth-order valence-electron chi connectivity index (χ4n) is 4.21. The predicted molar refractivity (Wildman–Crippen MR) is 136 cm³/mol. The number of allylic oxidation sites excluding steroid dienone is 1. The molecule has 10 heteroatoms. The molecule has 10 nitrogen and oxygen atoms in total. The molecule has 0 radical (unpaired) electrons. The van der Waals surface area contributed by atoms with Crippen molar-refractivity contribution in [2.75, 3.05) is 38.1 Å². The number of para-hydroxylation sites is 2. The Balaban J connectivity index is 1.80. The number of aliphatic hydroxyl groups is 1. The number of anilines is 2. The molecule has 0 spiro atoms. The number of aryl methyl sites for hydroxylation is 1. The number of ether oxygens (including phenoxy) is 3. The van der Waals surface area contributed by atoms with Crippen LogP contribution in [-0.4, -0.2) is 53.2 Å². The van der Waals surface area contributed by atoms with Crippen molar-refractivity contribution in [3.8, 4) is 17.2 Å². The number of carbonyl (C=O) groups is 1. The van der Waals surface area contributed by atoms with Crippen LogP contribution in [0.1, 0.15) is 37.7 Å². The molecule has 3 N–H and O–H groups in total. The molecule has 0 saturated heterocycles. The van der Waals surface area contributed by atoms with Crippen LogP contribution < -0.4 is 24.8 Å². The van der Waals surface area contributed by atoms with E-state index in [2.05, 4.69) is 20.7 Å². The van der Waals surface area contributed by atoms with Crippen LogP contribution in [0.25, 0.3) is 0 Å². The summed E-state index contributed by atoms with van der Waals surface area (Å²) < 4.78 is 18.4. The second-order valence-corrected chi connectivity index (χ2v) is 8.19. The number of aliphatic hydroxyl groups excluding tert-OH is 1. The summed E-state index contributed by atoms with van der Waals surface area (Å²) in [6.45, 7) is 4.28. The van der Waals surface area contributed by atoms with E-state index in [-0.39, 0.29) is 12.5 Å². The van der Waals surface area contributed by atoms with Crippen molar-refractivity contribution >= 4 is 17.5 Å². The molecular formula is C26H31N5O5. The monoisotopic (exact) mass is 493 g/mol. The van der Waals surface area contributed by atoms with E-state index in [1.165, 1.54) is 0 Å². The zero-order chi connectivity index (χ0) is 25.7. The number of rotatable bonds is 10. The smallest absolute Gasteiger partial charge is 0.255 e. The van der Waals surface area contributed by atoms with Crippen LogP contribution in [-0.2, 0) is 11.2 Å². The van der Waals surface area contributed by atoms with E-state index in [0.29, 0.717) is 65.4 Å². The molecule has 1 atom stereocenters. The Kier molecular flexibility index (Phi) is 7.74. The summed E-state index contributed by atoms with van der Waals surface area (Å²) in [5, 5.41) is 20.1. The molecule has 2 heterocycles. The van der Waals surface area contributed by atoms with Crippen LogP contribution in [0.4, 0.5) is 11.6 Å². The van der Waals surface area contributed by atoms with Gasteiger partial charge in [-0.1, -0.05) is 18.2 Å². The first-order chi connectivity index (χ1) is 17.5. The van der Waals surface area contributed by atoms with Crippen molar-refractivity contribution < 1.29 is 24.1 Å². The molecule has 3 aromatic rings. The molecule has 190 valence electrons. The van der Waals surface area contributed by atoms with E-state index in [0.717, 1.165) is 5.56 Å². The number of hydrogen-bond acceptors (Lipinski definition) is 8. The van der Waals surface area contributed by atoms with E-state index in [9.17, 15) is 9.90 Å². The lowest BCUT2D eigenvalue weighted by Crippen LogP contribution is -2.31. The normalized spacial score (nSPS) is 14.6. The maximum atomic E-state index is 13.7. The van der Waals surface area contributed by atoms with Crippen LogP contribution in [0, 0.1) is 0 Å². The quantitative estimate of drug-likeness (QED) is 0.392. The molecule has 0 aliphatic carbocycles. The summed E-state index contributed by atoms with van der Waals surface area (Å²) in [7, 11) is 3.14. The second-order valence-electron chi connectivity index (χ2n) is 8.19. The van der Waals surface area contributed by atoms with Gasteiger partial charge in [-0.2, -0.15) is 10.1 Å². The second kappa shape index (κ2) is 11.1. The molecule has 0 saturated carbocycles. The summed E-state index contributed by atoms with van der Waals surface area (Å²) in [5.74, 6) is 2.51. The molecule has 1 aliphatic heterocycles. The lowest BCUT2D eigenvalue weighted by molar-refractivity contribution is -0.113. The molecule has 1 aliphatic rings. The minimum absolute atomic E-state index is 0.0423. The van der Waals surface area contributed by atoms with Crippen molar-refractivity contribution in [2.24, 2.45) is 0 Å². The number of nitrogens with zero attached hydrogens (tertiary/aromatic N) is 3. The SMILES string of the molecule is CCOc1ccc([C@H]2C(C(=O)Nc3ccccc3OC)=C(C)Nc3nc(CCCO)nn32)cc1OC. The first-order valence-corrected chi connectivity index (χ1v) is 11.8. The van der Waals surface area contributed by atoms with Gasteiger partial charge in [-0.3, -0.25) is 4.79 Å². The number of methoxy groups -OCH3 is 2. The van der Waals surface area contributed by atoms with E-state index < -0.39 is 6.04 Å². The van der Waals surface area contributed by atoms with Gasteiger partial charge in [0.05, 0.1) is 32.1 Å². The minimum atomic E-state index is -0.587. The molecule has 36 heavy (non-hydrogen) atoms. The molecule has 0 fully saturated rings. The Morgan fingerprint density at radius 1 is 1.14 bits per heavy atom. The van der Waals surface area contributed by atoms with Gasteiger partial charge < -0.3 is 30.0 Å². The van der Waals surface area contributed by atoms with E-state index >= 15 is 0 Å². The number of aromatic nitrogens is 3. The Hall–Kier alpha value is -4.05. The molecule has 0 bridgehead atoms. The van der Waals surface area contributed by atoms with Crippen molar-refractivity contribution in [3.05, 3.63) is 65.1 Å². The molecule has 1 amide bonds. The lowest BCUT2D eigenvalue weighted by atomic mass is 9.94. The number of benzene rings is 2. The molecule has 0 unspecified atom stereocenters. The maximum absolute atomic E-state index is 13.7. The summed E-state index contributed by atoms with van der Waals surface area (Å²) in [6, 6.07) is 12.2. The third kappa shape index (κ3) is 4.99. The standard InChI is InChI=1S/C26H31N5O5/c1-5-36-20-13-12-17(15-21(20)35-4)24-23(25(33)28-18-9-6-7-10-19(18)34-3)16(2)27-26-29-22(11-8-14-32)30-31(24)26/h6-7,9-10,12-13,15,24,32H,5,8,11,14H2,1-4H3,(H,28,33)(H,27,29,30)/t24-/m0/s1. The van der Waals surface area contributed by atoms with Gasteiger partial charge in [-0.05, 0) is 50.1 Å². The van der Waals surface area contributed by atoms with Gasteiger partial charge in [0.15, 0.2) is 17.3 Å². The van der Waals surface area contributed by atoms with Crippen molar-refractivity contribution in [1.29, 1.82) is 0 Å². The highest BCUT2D eigenvalue weighted by Crippen LogP contribution is 2.39. The highest BCUT2D eigenvalue weighted by molar-refractivity contribution is 6.06. The topological polar surface area (TPSA) is 120 Å². The summed E-state index contributed by atoms with van der Waals surface area (Å²) in [6.07, 6.45) is 1.05. The van der Waals surface area contributed by atoms with Gasteiger partial charge >= 0.3 is 0 Å². The number of amides is 1. The van der Waals surface area contributed by atoms with Crippen molar-refractivity contribution in [1.82, 2.24) is 14.8 Å². The van der Waals surface area contributed by atoms with Crippen LogP contribution in [0.15, 0.2) is 53.7 Å². The largest absolute Gasteiger partial charge is 0.495 e. The average Bonchev–Trinajstić information content (AvgIpc) is 3.29. The highest BCUT2D eigenvalue weighted by Gasteiger charge is 2.35. The minimum Gasteiger partial charge on any atom is -0.495 e. The highest BCUT2D eigenvalue weighted by atomic mass is 16.5. The number of fused-ring (bicyclic) bond motifs is 1. The summed E-state index contributed by atoms with van der Waals surface area (Å²) in [4.78, 5) is 18.3. The van der Waals surface area contributed by atoms with Crippen molar-refractivity contribution in [3.63, 3.8) is 0 Å². The predicted octanol–water partition coefficient (Wildman–Crippen LogP) is 3.55. The van der Waals surface area contributed by atoms with E-state index in [4.69, 9.17) is 14.2 Å². The van der Waals surface area contributed by atoms with Crippen LogP contribution in [0.5, 0.6) is 17.2 Å². The van der Waals surface area contributed by atoms with Gasteiger partial charge in [-0.15, -0.1) is 0 Å². The first-order valence-electron chi connectivity index (χ1n) is 11.8.